The van der Waals surface area contributed by atoms with E-state index in [1.807, 2.05) is 6.07 Å². The molecule has 0 bridgehead atoms. The van der Waals surface area contributed by atoms with Crippen LogP contribution in [0.4, 0.5) is 5.69 Å². The van der Waals surface area contributed by atoms with Crippen molar-refractivity contribution in [2.45, 2.75) is 38.1 Å². The first kappa shape index (κ1) is 11.9. The Morgan fingerprint density at radius 1 is 1.33 bits per heavy atom. The summed E-state index contributed by atoms with van der Waals surface area (Å²) in [7, 11) is 0. The second kappa shape index (κ2) is 4.84. The van der Waals surface area contributed by atoms with E-state index in [4.69, 9.17) is 18.0 Å². The maximum Gasteiger partial charge on any atom is 0.124 e. The van der Waals surface area contributed by atoms with Crippen molar-refractivity contribution in [1.29, 1.82) is 0 Å². The molecule has 1 saturated heterocycles. The molecule has 3 nitrogen and oxygen atoms in total. The first-order chi connectivity index (χ1) is 8.77. The summed E-state index contributed by atoms with van der Waals surface area (Å²) in [6.07, 6.45) is 8.46. The zero-order valence-corrected chi connectivity index (χ0v) is 11.3. The third-order valence-electron chi connectivity index (χ3n) is 4.32. The fourth-order valence-electron chi connectivity index (χ4n) is 3.57. The molecule has 0 amide bonds. The van der Waals surface area contributed by atoms with Crippen LogP contribution in [0.1, 0.15) is 37.8 Å². The second-order valence-electron chi connectivity index (χ2n) is 5.33. The molecular formula is C14H19N3S. The number of nitrogens with two attached hydrogens (primary N) is 1. The fraction of sp³-hybridized carbons (Fsp3) is 0.571. The molecule has 2 atom stereocenters. The lowest BCUT2D eigenvalue weighted by molar-refractivity contribution is 0.362. The van der Waals surface area contributed by atoms with Gasteiger partial charge in [-0.25, -0.2) is 0 Å². The number of pyridine rings is 1. The minimum absolute atomic E-state index is 0.408. The van der Waals surface area contributed by atoms with Crippen LogP contribution >= 0.6 is 12.2 Å². The third kappa shape index (κ3) is 1.99. The maximum absolute atomic E-state index is 5.80. The van der Waals surface area contributed by atoms with E-state index in [9.17, 15) is 0 Å². The molecule has 1 aliphatic carbocycles. The Kier molecular flexibility index (Phi) is 3.20. The van der Waals surface area contributed by atoms with Crippen LogP contribution in [0.5, 0.6) is 0 Å². The zero-order valence-electron chi connectivity index (χ0n) is 10.5. The standard InChI is InChI=1S/C14H19N3S/c15-14(18)13-12(7-2-8-16-13)17-9-3-5-10-4-1-6-11(10)17/h2,7-8,10-11H,1,3-6,9H2,(H2,15,18). The normalized spacial score (nSPS) is 27.0. The Bertz CT molecular complexity index is 460. The SMILES string of the molecule is NC(=S)c1ncccc1N1CCCC2CCCC21. The van der Waals surface area contributed by atoms with Crippen LogP contribution in [0.15, 0.2) is 18.3 Å². The van der Waals surface area contributed by atoms with Gasteiger partial charge in [-0.2, -0.15) is 0 Å². The average Bonchev–Trinajstić information content (AvgIpc) is 2.86. The van der Waals surface area contributed by atoms with Crippen LogP contribution < -0.4 is 10.6 Å². The van der Waals surface area contributed by atoms with Gasteiger partial charge in [0.15, 0.2) is 0 Å². The van der Waals surface area contributed by atoms with Crippen molar-refractivity contribution >= 4 is 22.9 Å². The molecule has 4 heteroatoms. The van der Waals surface area contributed by atoms with Gasteiger partial charge in [0.05, 0.1) is 5.69 Å². The topological polar surface area (TPSA) is 42.1 Å². The van der Waals surface area contributed by atoms with Crippen LogP contribution in [0, 0.1) is 5.92 Å². The highest BCUT2D eigenvalue weighted by atomic mass is 32.1. The highest BCUT2D eigenvalue weighted by Gasteiger charge is 2.36. The van der Waals surface area contributed by atoms with E-state index >= 15 is 0 Å². The van der Waals surface area contributed by atoms with Gasteiger partial charge in [0, 0.05) is 18.8 Å². The van der Waals surface area contributed by atoms with E-state index in [1.165, 1.54) is 32.1 Å². The molecule has 2 fully saturated rings. The summed E-state index contributed by atoms with van der Waals surface area (Å²) < 4.78 is 0. The Labute approximate surface area is 113 Å². The van der Waals surface area contributed by atoms with Gasteiger partial charge in [-0.05, 0) is 43.7 Å². The quantitative estimate of drug-likeness (QED) is 0.831. The van der Waals surface area contributed by atoms with Crippen LogP contribution in [-0.2, 0) is 0 Å². The maximum atomic E-state index is 5.80. The van der Waals surface area contributed by atoms with Gasteiger partial charge in [0.25, 0.3) is 0 Å². The number of anilines is 1. The van der Waals surface area contributed by atoms with Crippen LogP contribution in [0.25, 0.3) is 0 Å². The molecule has 2 heterocycles. The third-order valence-corrected chi connectivity index (χ3v) is 4.52. The van der Waals surface area contributed by atoms with Crippen molar-refractivity contribution < 1.29 is 0 Å². The van der Waals surface area contributed by atoms with Crippen molar-refractivity contribution in [3.8, 4) is 0 Å². The summed E-state index contributed by atoms with van der Waals surface area (Å²) in [4.78, 5) is 7.27. The molecule has 1 aliphatic heterocycles. The first-order valence-electron chi connectivity index (χ1n) is 6.79. The van der Waals surface area contributed by atoms with Crippen molar-refractivity contribution in [3.63, 3.8) is 0 Å². The predicted octanol–water partition coefficient (Wildman–Crippen LogP) is 2.48. The second-order valence-corrected chi connectivity index (χ2v) is 5.77. The number of piperidine rings is 1. The van der Waals surface area contributed by atoms with Gasteiger partial charge in [-0.3, -0.25) is 4.98 Å². The number of aromatic nitrogens is 1. The van der Waals surface area contributed by atoms with E-state index in [0.717, 1.165) is 23.8 Å². The largest absolute Gasteiger partial charge is 0.388 e. The van der Waals surface area contributed by atoms with Gasteiger partial charge in [0.2, 0.25) is 0 Å². The van der Waals surface area contributed by atoms with E-state index in [2.05, 4.69) is 16.0 Å². The molecular weight excluding hydrogens is 242 g/mol. The van der Waals surface area contributed by atoms with Crippen LogP contribution in [-0.4, -0.2) is 22.6 Å². The lowest BCUT2D eigenvalue weighted by Gasteiger charge is -2.40. The van der Waals surface area contributed by atoms with Crippen molar-refractivity contribution in [2.75, 3.05) is 11.4 Å². The number of fused-ring (bicyclic) bond motifs is 1. The molecule has 18 heavy (non-hydrogen) atoms. The number of thiocarbonyl (C=S) groups is 1. The van der Waals surface area contributed by atoms with E-state index in [0.29, 0.717) is 11.0 Å². The summed E-state index contributed by atoms with van der Waals surface area (Å²) >= 11 is 5.13. The Hall–Kier alpha value is -1.16. The monoisotopic (exact) mass is 261 g/mol. The van der Waals surface area contributed by atoms with E-state index in [1.54, 1.807) is 6.20 Å². The highest BCUT2D eigenvalue weighted by molar-refractivity contribution is 7.80. The van der Waals surface area contributed by atoms with E-state index in [-0.39, 0.29) is 0 Å². The molecule has 0 spiro atoms. The molecule has 1 aromatic heterocycles. The predicted molar refractivity (Wildman–Crippen MR) is 77.8 cm³/mol. The van der Waals surface area contributed by atoms with Gasteiger partial charge < -0.3 is 10.6 Å². The van der Waals surface area contributed by atoms with Crippen molar-refractivity contribution in [3.05, 3.63) is 24.0 Å². The van der Waals surface area contributed by atoms with E-state index < -0.39 is 0 Å². The molecule has 2 unspecified atom stereocenters. The van der Waals surface area contributed by atoms with Crippen molar-refractivity contribution in [2.24, 2.45) is 11.7 Å². The molecule has 0 radical (unpaired) electrons. The number of hydrogen-bond donors (Lipinski definition) is 1. The number of hydrogen-bond acceptors (Lipinski definition) is 3. The molecule has 1 saturated carbocycles. The fourth-order valence-corrected chi connectivity index (χ4v) is 3.73. The lowest BCUT2D eigenvalue weighted by atomic mass is 9.91. The molecule has 96 valence electrons. The molecule has 0 aromatic carbocycles. The minimum atomic E-state index is 0.408. The lowest BCUT2D eigenvalue weighted by Crippen LogP contribution is -2.43. The average molecular weight is 261 g/mol. The summed E-state index contributed by atoms with van der Waals surface area (Å²) in [5.74, 6) is 0.859. The minimum Gasteiger partial charge on any atom is -0.388 e. The Morgan fingerprint density at radius 3 is 3.00 bits per heavy atom. The number of nitrogens with zero attached hydrogens (tertiary/aromatic N) is 2. The smallest absolute Gasteiger partial charge is 0.124 e. The Morgan fingerprint density at radius 2 is 2.17 bits per heavy atom. The molecule has 2 N–H and O–H groups in total. The van der Waals surface area contributed by atoms with Gasteiger partial charge in [-0.1, -0.05) is 18.6 Å². The molecule has 2 aliphatic rings. The molecule has 3 rings (SSSR count). The van der Waals surface area contributed by atoms with Gasteiger partial charge in [-0.15, -0.1) is 0 Å². The highest BCUT2D eigenvalue weighted by Crippen LogP contribution is 2.39. The van der Waals surface area contributed by atoms with Crippen LogP contribution in [0.3, 0.4) is 0 Å². The Balaban J connectivity index is 1.96. The van der Waals surface area contributed by atoms with Gasteiger partial charge >= 0.3 is 0 Å². The van der Waals surface area contributed by atoms with Crippen LogP contribution in [0.2, 0.25) is 0 Å². The number of rotatable bonds is 2. The molecule has 1 aromatic rings. The summed E-state index contributed by atoms with van der Waals surface area (Å²) in [6.45, 7) is 1.11. The first-order valence-corrected chi connectivity index (χ1v) is 7.19. The summed E-state index contributed by atoms with van der Waals surface area (Å²) in [5, 5.41) is 0. The summed E-state index contributed by atoms with van der Waals surface area (Å²) in [6, 6.07) is 4.77. The van der Waals surface area contributed by atoms with Gasteiger partial charge in [0.1, 0.15) is 10.7 Å². The van der Waals surface area contributed by atoms with Crippen molar-refractivity contribution in [1.82, 2.24) is 4.98 Å². The zero-order chi connectivity index (χ0) is 12.5. The summed E-state index contributed by atoms with van der Waals surface area (Å²) in [5.41, 5.74) is 7.73.